The van der Waals surface area contributed by atoms with Crippen LogP contribution in [0, 0.1) is 0 Å². The number of nitrogens with zero attached hydrogens (tertiary/aromatic N) is 2. The average Bonchev–Trinajstić information content (AvgIpc) is 3.10. The van der Waals surface area contributed by atoms with E-state index in [0.717, 1.165) is 31.9 Å². The van der Waals surface area contributed by atoms with E-state index in [0.29, 0.717) is 19.1 Å². The van der Waals surface area contributed by atoms with E-state index in [-0.39, 0.29) is 24.0 Å². The van der Waals surface area contributed by atoms with Crippen molar-refractivity contribution >= 4 is 29.9 Å². The molecule has 0 atom stereocenters. The third kappa shape index (κ3) is 9.27. The van der Waals surface area contributed by atoms with Crippen LogP contribution in [-0.4, -0.2) is 63.9 Å². The lowest BCUT2D eigenvalue weighted by atomic mass is 10.1. The Morgan fingerprint density at radius 2 is 1.92 bits per heavy atom. The number of aliphatic imine (C=N–C) groups is 1. The van der Waals surface area contributed by atoms with Gasteiger partial charge in [0.2, 0.25) is 0 Å². The van der Waals surface area contributed by atoms with Crippen molar-refractivity contribution in [3.05, 3.63) is 29.8 Å². The average molecular weight is 462 g/mol. The van der Waals surface area contributed by atoms with Gasteiger partial charge in [-0.2, -0.15) is 0 Å². The van der Waals surface area contributed by atoms with E-state index in [1.807, 2.05) is 12.1 Å². The first-order valence-electron chi connectivity index (χ1n) is 8.75. The second-order valence-corrected chi connectivity index (χ2v) is 5.98. The molecule has 1 saturated heterocycles. The number of nitrogens with two attached hydrogens (primary N) is 1. The normalized spacial score (nSPS) is 15.0. The summed E-state index contributed by atoms with van der Waals surface area (Å²) in [5.41, 5.74) is 7.02. The molecule has 0 amide bonds. The van der Waals surface area contributed by atoms with Gasteiger partial charge in [-0.25, -0.2) is 0 Å². The lowest BCUT2D eigenvalue weighted by molar-refractivity contribution is 0.208. The summed E-state index contributed by atoms with van der Waals surface area (Å²) in [5, 5.41) is 3.11. The summed E-state index contributed by atoms with van der Waals surface area (Å²) in [7, 11) is 1.65. The fourth-order valence-corrected chi connectivity index (χ4v) is 2.70. The lowest BCUT2D eigenvalue weighted by Crippen LogP contribution is -2.33. The topological polar surface area (TPSA) is 72.1 Å². The predicted molar refractivity (Wildman–Crippen MR) is 113 cm³/mol. The molecule has 1 aliphatic rings. The minimum Gasteiger partial charge on any atom is -0.492 e. The van der Waals surface area contributed by atoms with Crippen LogP contribution < -0.4 is 15.8 Å². The molecule has 0 radical (unpaired) electrons. The van der Waals surface area contributed by atoms with Crippen LogP contribution >= 0.6 is 24.0 Å². The second-order valence-electron chi connectivity index (χ2n) is 5.98. The van der Waals surface area contributed by atoms with Crippen molar-refractivity contribution in [3.63, 3.8) is 0 Å². The number of hydrogen-bond donors (Lipinski definition) is 2. The summed E-state index contributed by atoms with van der Waals surface area (Å²) in [6.07, 6.45) is 3.54. The molecule has 0 unspecified atom stereocenters. The van der Waals surface area contributed by atoms with Crippen molar-refractivity contribution in [2.45, 2.75) is 19.3 Å². The van der Waals surface area contributed by atoms with Crippen LogP contribution in [0.3, 0.4) is 0 Å². The Kier molecular flexibility index (Phi) is 11.6. The summed E-state index contributed by atoms with van der Waals surface area (Å²) in [6, 6.07) is 8.28. The molecule has 1 aromatic carbocycles. The first-order valence-corrected chi connectivity index (χ1v) is 8.75. The van der Waals surface area contributed by atoms with Gasteiger partial charge in [-0.05, 0) is 50.0 Å². The second kappa shape index (κ2) is 13.2. The summed E-state index contributed by atoms with van der Waals surface area (Å²) in [6.45, 7) is 6.14. The fourth-order valence-electron chi connectivity index (χ4n) is 2.70. The Bertz CT molecular complexity index is 490. The Balaban J connectivity index is 0.00000312. The number of benzene rings is 1. The van der Waals surface area contributed by atoms with Gasteiger partial charge in [0.15, 0.2) is 5.96 Å². The Labute approximate surface area is 168 Å². The SMILES string of the molecule is COCCN=C(N)NCCc1ccc(OCCN2CCCC2)cc1.I. The zero-order valence-electron chi connectivity index (χ0n) is 15.1. The van der Waals surface area contributed by atoms with Crippen molar-refractivity contribution < 1.29 is 9.47 Å². The lowest BCUT2D eigenvalue weighted by Gasteiger charge is -2.15. The van der Waals surface area contributed by atoms with Crippen LogP contribution in [-0.2, 0) is 11.2 Å². The molecule has 142 valence electrons. The van der Waals surface area contributed by atoms with Gasteiger partial charge in [-0.3, -0.25) is 9.89 Å². The van der Waals surface area contributed by atoms with Gasteiger partial charge in [0.1, 0.15) is 12.4 Å². The Hall–Kier alpha value is -1.06. The maximum Gasteiger partial charge on any atom is 0.188 e. The standard InChI is InChI=1S/C18H30N4O2.HI/c1-23-14-10-21-18(19)20-9-8-16-4-6-17(7-5-16)24-15-13-22-11-2-3-12-22;/h4-7H,2-3,8-15H2,1H3,(H3,19,20,21);1H. The Morgan fingerprint density at radius 1 is 1.20 bits per heavy atom. The molecule has 25 heavy (non-hydrogen) atoms. The van der Waals surface area contributed by atoms with Crippen LogP contribution in [0.25, 0.3) is 0 Å². The fraction of sp³-hybridized carbons (Fsp3) is 0.611. The predicted octanol–water partition coefficient (Wildman–Crippen LogP) is 1.87. The number of halogens is 1. The van der Waals surface area contributed by atoms with Crippen molar-refractivity contribution in [2.24, 2.45) is 10.7 Å². The van der Waals surface area contributed by atoms with E-state index in [1.165, 1.54) is 31.5 Å². The van der Waals surface area contributed by atoms with Gasteiger partial charge in [-0.15, -0.1) is 24.0 Å². The molecule has 1 fully saturated rings. The molecule has 0 saturated carbocycles. The molecule has 1 aliphatic heterocycles. The first-order chi connectivity index (χ1) is 11.8. The number of nitrogens with one attached hydrogen (secondary N) is 1. The number of hydrogen-bond acceptors (Lipinski definition) is 4. The van der Waals surface area contributed by atoms with Crippen molar-refractivity contribution in [3.8, 4) is 5.75 Å². The van der Waals surface area contributed by atoms with E-state index in [4.69, 9.17) is 15.2 Å². The molecular weight excluding hydrogens is 431 g/mol. The molecule has 7 heteroatoms. The van der Waals surface area contributed by atoms with Gasteiger partial charge in [0.05, 0.1) is 13.2 Å². The molecule has 2 rings (SSSR count). The number of rotatable bonds is 10. The summed E-state index contributed by atoms with van der Waals surface area (Å²) in [4.78, 5) is 6.62. The summed E-state index contributed by atoms with van der Waals surface area (Å²) < 4.78 is 10.7. The van der Waals surface area contributed by atoms with E-state index >= 15 is 0 Å². The minimum atomic E-state index is 0. The maximum atomic E-state index is 5.81. The quantitative estimate of drug-likeness (QED) is 0.241. The van der Waals surface area contributed by atoms with Crippen LogP contribution in [0.2, 0.25) is 0 Å². The number of methoxy groups -OCH3 is 1. The van der Waals surface area contributed by atoms with Gasteiger partial charge in [0, 0.05) is 20.2 Å². The van der Waals surface area contributed by atoms with E-state index in [1.54, 1.807) is 7.11 Å². The molecule has 0 aromatic heterocycles. The number of likely N-dealkylation sites (tertiary alicyclic amines) is 1. The van der Waals surface area contributed by atoms with E-state index < -0.39 is 0 Å². The minimum absolute atomic E-state index is 0. The summed E-state index contributed by atoms with van der Waals surface area (Å²) in [5.74, 6) is 1.40. The van der Waals surface area contributed by atoms with Crippen LogP contribution in [0.1, 0.15) is 18.4 Å². The molecule has 0 aliphatic carbocycles. The van der Waals surface area contributed by atoms with Crippen molar-refractivity contribution in [1.29, 1.82) is 0 Å². The molecule has 6 nitrogen and oxygen atoms in total. The third-order valence-electron chi connectivity index (χ3n) is 4.10. The van der Waals surface area contributed by atoms with Crippen LogP contribution in [0.4, 0.5) is 0 Å². The van der Waals surface area contributed by atoms with Gasteiger partial charge in [-0.1, -0.05) is 12.1 Å². The molecule has 3 N–H and O–H groups in total. The maximum absolute atomic E-state index is 5.81. The van der Waals surface area contributed by atoms with E-state index in [9.17, 15) is 0 Å². The first kappa shape index (κ1) is 22.0. The van der Waals surface area contributed by atoms with Gasteiger partial charge < -0.3 is 20.5 Å². The zero-order chi connectivity index (χ0) is 17.0. The van der Waals surface area contributed by atoms with Gasteiger partial charge >= 0.3 is 0 Å². The van der Waals surface area contributed by atoms with E-state index in [2.05, 4.69) is 27.3 Å². The van der Waals surface area contributed by atoms with Gasteiger partial charge in [0.25, 0.3) is 0 Å². The van der Waals surface area contributed by atoms with Crippen molar-refractivity contribution in [2.75, 3.05) is 53.0 Å². The number of guanidine groups is 1. The Morgan fingerprint density at radius 3 is 2.60 bits per heavy atom. The van der Waals surface area contributed by atoms with Crippen molar-refractivity contribution in [1.82, 2.24) is 10.2 Å². The van der Waals surface area contributed by atoms with Crippen LogP contribution in [0.5, 0.6) is 5.75 Å². The van der Waals surface area contributed by atoms with Crippen LogP contribution in [0.15, 0.2) is 29.3 Å². The highest BCUT2D eigenvalue weighted by molar-refractivity contribution is 14.0. The molecule has 0 spiro atoms. The highest BCUT2D eigenvalue weighted by Gasteiger charge is 2.10. The largest absolute Gasteiger partial charge is 0.492 e. The highest BCUT2D eigenvalue weighted by atomic mass is 127. The molecular formula is C18H31IN4O2. The molecule has 0 bridgehead atoms. The smallest absolute Gasteiger partial charge is 0.188 e. The summed E-state index contributed by atoms with van der Waals surface area (Å²) >= 11 is 0. The monoisotopic (exact) mass is 462 g/mol. The molecule has 1 aromatic rings. The zero-order valence-corrected chi connectivity index (χ0v) is 17.4. The molecule has 1 heterocycles. The highest BCUT2D eigenvalue weighted by Crippen LogP contribution is 2.13. The third-order valence-corrected chi connectivity index (χ3v) is 4.10. The number of ether oxygens (including phenoxy) is 2.